The van der Waals surface area contributed by atoms with Gasteiger partial charge in [-0.25, -0.2) is 14.8 Å². The molecular weight excluding hydrogens is 274 g/mol. The monoisotopic (exact) mass is 289 g/mol. The molecule has 0 atom stereocenters. The maximum Gasteiger partial charge on any atom is 0.341 e. The van der Waals surface area contributed by atoms with Gasteiger partial charge in [0.1, 0.15) is 11.4 Å². The number of carboxylic acids is 1. The van der Waals surface area contributed by atoms with Crippen LogP contribution in [0.2, 0.25) is 0 Å². The van der Waals surface area contributed by atoms with Crippen LogP contribution in [0.1, 0.15) is 15.9 Å². The van der Waals surface area contributed by atoms with Gasteiger partial charge in [-0.05, 0) is 18.2 Å². The number of hydrogen-bond donors (Lipinski definition) is 2. The van der Waals surface area contributed by atoms with Gasteiger partial charge in [0, 0.05) is 12.7 Å². The van der Waals surface area contributed by atoms with Crippen molar-refractivity contribution in [3.05, 3.63) is 47.7 Å². The summed E-state index contributed by atoms with van der Waals surface area (Å²) < 4.78 is 0. The largest absolute Gasteiger partial charge is 0.477 e. The number of nitrogens with one attached hydrogen (secondary N) is 1. The summed E-state index contributed by atoms with van der Waals surface area (Å²) in [5.74, 6) is -0.660. The molecule has 2 N–H and O–H groups in total. The van der Waals surface area contributed by atoms with Gasteiger partial charge in [0.05, 0.1) is 0 Å². The summed E-state index contributed by atoms with van der Waals surface area (Å²) in [7, 11) is 0. The fraction of sp³-hybridized carbons (Fsp3) is 0.214. The van der Waals surface area contributed by atoms with Crippen LogP contribution in [-0.2, 0) is 6.42 Å². The molecule has 0 aliphatic carbocycles. The molecule has 20 heavy (non-hydrogen) atoms. The average molecular weight is 289 g/mol. The van der Waals surface area contributed by atoms with Crippen molar-refractivity contribution < 1.29 is 9.90 Å². The number of carbonyl (C=O) groups is 1. The van der Waals surface area contributed by atoms with Crippen molar-refractivity contribution >= 4 is 23.5 Å². The highest BCUT2D eigenvalue weighted by molar-refractivity contribution is 7.98. The maximum atomic E-state index is 11.1. The molecule has 1 aromatic heterocycles. The van der Waals surface area contributed by atoms with E-state index in [2.05, 4.69) is 15.3 Å². The molecule has 2 rings (SSSR count). The Balaban J connectivity index is 2.06. The number of aromatic carboxylic acids is 1. The summed E-state index contributed by atoms with van der Waals surface area (Å²) in [4.78, 5) is 19.3. The van der Waals surface area contributed by atoms with Gasteiger partial charge >= 0.3 is 5.97 Å². The number of aromatic nitrogens is 2. The molecule has 0 aliphatic rings. The van der Waals surface area contributed by atoms with Crippen LogP contribution in [0.25, 0.3) is 0 Å². The Morgan fingerprint density at radius 1 is 1.35 bits per heavy atom. The molecule has 104 valence electrons. The molecule has 0 amide bonds. The SMILES string of the molecule is CSc1ncc(C(=O)O)c(NCCc2ccccc2)n1. The van der Waals surface area contributed by atoms with Crippen LogP contribution in [0.3, 0.4) is 0 Å². The second-order valence-electron chi connectivity index (χ2n) is 4.09. The van der Waals surface area contributed by atoms with Crippen LogP contribution >= 0.6 is 11.8 Å². The molecule has 6 heteroatoms. The maximum absolute atomic E-state index is 11.1. The molecule has 0 spiro atoms. The Morgan fingerprint density at radius 2 is 2.10 bits per heavy atom. The van der Waals surface area contributed by atoms with Gasteiger partial charge in [-0.3, -0.25) is 0 Å². The minimum atomic E-state index is -1.03. The average Bonchev–Trinajstić information content (AvgIpc) is 2.48. The van der Waals surface area contributed by atoms with Crippen molar-refractivity contribution in [1.82, 2.24) is 9.97 Å². The minimum absolute atomic E-state index is 0.0934. The second kappa shape index (κ2) is 6.91. The summed E-state index contributed by atoms with van der Waals surface area (Å²) in [6.45, 7) is 0.620. The summed E-state index contributed by atoms with van der Waals surface area (Å²) >= 11 is 1.38. The third kappa shape index (κ3) is 3.71. The van der Waals surface area contributed by atoms with E-state index >= 15 is 0 Å². The lowest BCUT2D eigenvalue weighted by atomic mass is 10.1. The lowest BCUT2D eigenvalue weighted by Gasteiger charge is -2.09. The molecule has 1 aromatic carbocycles. The normalized spacial score (nSPS) is 10.2. The van der Waals surface area contributed by atoms with Gasteiger partial charge in [0.15, 0.2) is 5.16 Å². The topological polar surface area (TPSA) is 75.1 Å². The Kier molecular flexibility index (Phi) is 4.95. The number of carboxylic acid groups (broad SMARTS) is 1. The summed E-state index contributed by atoms with van der Waals surface area (Å²) in [6.07, 6.45) is 3.99. The summed E-state index contributed by atoms with van der Waals surface area (Å²) in [6, 6.07) is 10.00. The molecule has 1 heterocycles. The predicted molar refractivity (Wildman–Crippen MR) is 79.4 cm³/mol. The molecule has 0 bridgehead atoms. The number of thioether (sulfide) groups is 1. The predicted octanol–water partition coefficient (Wildman–Crippen LogP) is 2.55. The third-order valence-electron chi connectivity index (χ3n) is 2.73. The third-order valence-corrected chi connectivity index (χ3v) is 3.29. The molecule has 0 radical (unpaired) electrons. The second-order valence-corrected chi connectivity index (χ2v) is 4.86. The molecule has 0 saturated carbocycles. The lowest BCUT2D eigenvalue weighted by molar-refractivity contribution is 0.0697. The first-order valence-electron chi connectivity index (χ1n) is 6.13. The van der Waals surface area contributed by atoms with Crippen LogP contribution < -0.4 is 5.32 Å². The highest BCUT2D eigenvalue weighted by Crippen LogP contribution is 2.16. The Labute approximate surface area is 121 Å². The van der Waals surface area contributed by atoms with Gasteiger partial charge in [-0.1, -0.05) is 42.1 Å². The van der Waals surface area contributed by atoms with Crippen LogP contribution in [0.4, 0.5) is 5.82 Å². The number of rotatable bonds is 6. The Hall–Kier alpha value is -2.08. The fourth-order valence-electron chi connectivity index (χ4n) is 1.73. The van der Waals surface area contributed by atoms with Crippen molar-refractivity contribution in [2.75, 3.05) is 18.1 Å². The van der Waals surface area contributed by atoms with Crippen molar-refractivity contribution in [2.45, 2.75) is 11.6 Å². The number of anilines is 1. The Morgan fingerprint density at radius 3 is 2.75 bits per heavy atom. The first-order valence-corrected chi connectivity index (χ1v) is 7.35. The first-order chi connectivity index (χ1) is 9.70. The van der Waals surface area contributed by atoms with Gasteiger partial charge < -0.3 is 10.4 Å². The summed E-state index contributed by atoms with van der Waals surface area (Å²) in [5, 5.41) is 12.7. The van der Waals surface area contributed by atoms with Gasteiger partial charge in [-0.2, -0.15) is 0 Å². The molecule has 0 aliphatic heterocycles. The van der Waals surface area contributed by atoms with E-state index in [9.17, 15) is 4.79 Å². The molecule has 0 unspecified atom stereocenters. The highest BCUT2D eigenvalue weighted by Gasteiger charge is 2.13. The fourth-order valence-corrected chi connectivity index (χ4v) is 2.07. The quantitative estimate of drug-likeness (QED) is 0.629. The van der Waals surface area contributed by atoms with Gasteiger partial charge in [-0.15, -0.1) is 0 Å². The summed E-state index contributed by atoms with van der Waals surface area (Å²) in [5.41, 5.74) is 1.28. The minimum Gasteiger partial charge on any atom is -0.477 e. The van der Waals surface area contributed by atoms with Crippen molar-refractivity contribution in [3.63, 3.8) is 0 Å². The van der Waals surface area contributed by atoms with E-state index in [-0.39, 0.29) is 5.56 Å². The van der Waals surface area contributed by atoms with E-state index < -0.39 is 5.97 Å². The zero-order valence-electron chi connectivity index (χ0n) is 11.0. The molecule has 0 fully saturated rings. The molecule has 2 aromatic rings. The number of benzene rings is 1. The van der Waals surface area contributed by atoms with Gasteiger partial charge in [0.25, 0.3) is 0 Å². The van der Waals surface area contributed by atoms with Gasteiger partial charge in [0.2, 0.25) is 0 Å². The Bertz CT molecular complexity index is 590. The van der Waals surface area contributed by atoms with E-state index in [1.807, 2.05) is 36.6 Å². The zero-order valence-corrected chi connectivity index (χ0v) is 11.9. The zero-order chi connectivity index (χ0) is 14.4. The van der Waals surface area contributed by atoms with E-state index in [1.165, 1.54) is 23.5 Å². The van der Waals surface area contributed by atoms with Crippen LogP contribution in [0.5, 0.6) is 0 Å². The van der Waals surface area contributed by atoms with E-state index in [0.717, 1.165) is 6.42 Å². The van der Waals surface area contributed by atoms with Crippen LogP contribution in [-0.4, -0.2) is 33.8 Å². The van der Waals surface area contributed by atoms with E-state index in [1.54, 1.807) is 0 Å². The molecular formula is C14H15N3O2S. The van der Waals surface area contributed by atoms with E-state index in [0.29, 0.717) is 17.5 Å². The first kappa shape index (κ1) is 14.3. The van der Waals surface area contributed by atoms with Crippen molar-refractivity contribution in [2.24, 2.45) is 0 Å². The van der Waals surface area contributed by atoms with Crippen LogP contribution in [0, 0.1) is 0 Å². The lowest BCUT2D eigenvalue weighted by Crippen LogP contribution is -2.12. The van der Waals surface area contributed by atoms with Crippen molar-refractivity contribution in [1.29, 1.82) is 0 Å². The molecule has 0 saturated heterocycles. The smallest absolute Gasteiger partial charge is 0.341 e. The van der Waals surface area contributed by atoms with Crippen molar-refractivity contribution in [3.8, 4) is 0 Å². The highest BCUT2D eigenvalue weighted by atomic mass is 32.2. The number of hydrogen-bond acceptors (Lipinski definition) is 5. The van der Waals surface area contributed by atoms with E-state index in [4.69, 9.17) is 5.11 Å². The molecule has 5 nitrogen and oxygen atoms in total. The standard InChI is InChI=1S/C14H15N3O2S/c1-20-14-16-9-11(13(18)19)12(17-14)15-8-7-10-5-3-2-4-6-10/h2-6,9H,7-8H2,1H3,(H,18,19)(H,15,16,17). The number of nitrogens with zero attached hydrogens (tertiary/aromatic N) is 2. The van der Waals surface area contributed by atoms with Crippen LogP contribution in [0.15, 0.2) is 41.7 Å².